The minimum Gasteiger partial charge on any atom is -0.356 e. The van der Waals surface area contributed by atoms with Crippen LogP contribution in [0.3, 0.4) is 0 Å². The van der Waals surface area contributed by atoms with E-state index in [0.29, 0.717) is 12.5 Å². The summed E-state index contributed by atoms with van der Waals surface area (Å²) in [6.07, 6.45) is 4.96. The Kier molecular flexibility index (Phi) is 5.54. The highest BCUT2D eigenvalue weighted by atomic mass is 16.1. The van der Waals surface area contributed by atoms with E-state index in [1.807, 2.05) is 6.92 Å². The van der Waals surface area contributed by atoms with Crippen LogP contribution < -0.4 is 10.6 Å². The molecule has 0 unspecified atom stereocenters. The molecular formula is C12H18N6O. The lowest BCUT2D eigenvalue weighted by Gasteiger charge is -2.06. The number of nitriles is 1. The summed E-state index contributed by atoms with van der Waals surface area (Å²) in [6.45, 7) is 4.07. The molecule has 1 aromatic heterocycles. The molecule has 0 atom stereocenters. The zero-order valence-corrected chi connectivity index (χ0v) is 11.4. The summed E-state index contributed by atoms with van der Waals surface area (Å²) in [4.78, 5) is 19.4. The summed E-state index contributed by atoms with van der Waals surface area (Å²) in [5.74, 6) is 0.418. The van der Waals surface area contributed by atoms with Gasteiger partial charge in [-0.2, -0.15) is 5.26 Å². The predicted octanol–water partition coefficient (Wildman–Crippen LogP) is 0.430. The molecule has 0 fully saturated rings. The van der Waals surface area contributed by atoms with Crippen LogP contribution in [-0.4, -0.2) is 35.0 Å². The highest BCUT2D eigenvalue weighted by Gasteiger charge is 2.08. The maximum absolute atomic E-state index is 11.3. The fourth-order valence-corrected chi connectivity index (χ4v) is 1.70. The summed E-state index contributed by atoms with van der Waals surface area (Å²) in [6, 6.07) is 0. The summed E-state index contributed by atoms with van der Waals surface area (Å²) < 4.78 is 1.54. The van der Waals surface area contributed by atoms with Gasteiger partial charge in [0.25, 0.3) is 0 Å². The average molecular weight is 262 g/mol. The van der Waals surface area contributed by atoms with E-state index >= 15 is 0 Å². The second-order valence-electron chi connectivity index (χ2n) is 4.01. The molecular weight excluding hydrogens is 244 g/mol. The monoisotopic (exact) mass is 262 g/mol. The van der Waals surface area contributed by atoms with Crippen molar-refractivity contribution in [3.05, 3.63) is 17.7 Å². The lowest BCUT2D eigenvalue weighted by Crippen LogP contribution is -2.35. The summed E-state index contributed by atoms with van der Waals surface area (Å²) in [5, 5.41) is 13.9. The molecule has 0 amide bonds. The molecule has 2 N–H and O–H groups in total. The SMILES string of the molecule is CN=C(NC#N)NCCCc1ncn(C(C)=O)c1C. The summed E-state index contributed by atoms with van der Waals surface area (Å²) >= 11 is 0. The first-order chi connectivity index (χ1) is 9.10. The zero-order chi connectivity index (χ0) is 14.3. The van der Waals surface area contributed by atoms with Crippen LogP contribution in [0.5, 0.6) is 0 Å². The first kappa shape index (κ1) is 14.7. The molecule has 1 heterocycles. The second kappa shape index (κ2) is 7.16. The normalized spacial score (nSPS) is 10.9. The third kappa shape index (κ3) is 4.10. The minimum atomic E-state index is -0.0343. The van der Waals surface area contributed by atoms with Gasteiger partial charge >= 0.3 is 0 Å². The van der Waals surface area contributed by atoms with E-state index in [9.17, 15) is 4.79 Å². The van der Waals surface area contributed by atoms with Crippen molar-refractivity contribution in [2.24, 2.45) is 4.99 Å². The minimum absolute atomic E-state index is 0.0343. The van der Waals surface area contributed by atoms with Gasteiger partial charge in [0.05, 0.1) is 5.69 Å². The van der Waals surface area contributed by atoms with E-state index in [-0.39, 0.29) is 5.91 Å². The molecule has 19 heavy (non-hydrogen) atoms. The Bertz CT molecular complexity index is 511. The fourth-order valence-electron chi connectivity index (χ4n) is 1.70. The molecule has 0 bridgehead atoms. The molecule has 7 heteroatoms. The van der Waals surface area contributed by atoms with Crippen LogP contribution in [0.4, 0.5) is 0 Å². The van der Waals surface area contributed by atoms with Crippen LogP contribution in [0.2, 0.25) is 0 Å². The molecule has 0 spiro atoms. The van der Waals surface area contributed by atoms with Crippen LogP contribution in [0, 0.1) is 18.4 Å². The predicted molar refractivity (Wildman–Crippen MR) is 71.7 cm³/mol. The van der Waals surface area contributed by atoms with E-state index < -0.39 is 0 Å². The number of imidazole rings is 1. The lowest BCUT2D eigenvalue weighted by atomic mass is 10.2. The van der Waals surface area contributed by atoms with Crippen LogP contribution in [-0.2, 0) is 6.42 Å². The number of nitrogens with zero attached hydrogens (tertiary/aromatic N) is 4. The smallest absolute Gasteiger partial charge is 0.228 e. The van der Waals surface area contributed by atoms with Gasteiger partial charge in [0.2, 0.25) is 11.9 Å². The molecule has 7 nitrogen and oxygen atoms in total. The molecule has 0 saturated carbocycles. The first-order valence-electron chi connectivity index (χ1n) is 5.99. The summed E-state index contributed by atoms with van der Waals surface area (Å²) in [5.41, 5.74) is 1.80. The van der Waals surface area contributed by atoms with Crippen molar-refractivity contribution in [3.63, 3.8) is 0 Å². The van der Waals surface area contributed by atoms with Crippen molar-refractivity contribution in [2.75, 3.05) is 13.6 Å². The maximum Gasteiger partial charge on any atom is 0.228 e. The number of carbonyl (C=O) groups is 1. The van der Waals surface area contributed by atoms with E-state index in [0.717, 1.165) is 24.2 Å². The Labute approximate surface area is 112 Å². The molecule has 0 saturated heterocycles. The number of rotatable bonds is 4. The van der Waals surface area contributed by atoms with Crippen molar-refractivity contribution >= 4 is 11.9 Å². The van der Waals surface area contributed by atoms with Crippen molar-refractivity contribution in [1.29, 1.82) is 5.26 Å². The number of nitrogens with one attached hydrogen (secondary N) is 2. The largest absolute Gasteiger partial charge is 0.356 e. The van der Waals surface area contributed by atoms with Gasteiger partial charge in [0.1, 0.15) is 6.33 Å². The lowest BCUT2D eigenvalue weighted by molar-refractivity contribution is 0.0934. The number of aromatic nitrogens is 2. The number of carbonyl (C=O) groups excluding carboxylic acids is 1. The van der Waals surface area contributed by atoms with Gasteiger partial charge in [-0.05, 0) is 19.8 Å². The molecule has 0 aliphatic heterocycles. The van der Waals surface area contributed by atoms with E-state index in [1.165, 1.54) is 6.92 Å². The molecule has 1 aromatic rings. The highest BCUT2D eigenvalue weighted by molar-refractivity contribution is 5.80. The Morgan fingerprint density at radius 1 is 1.63 bits per heavy atom. The van der Waals surface area contributed by atoms with Crippen LogP contribution in [0.25, 0.3) is 0 Å². The number of hydrogen-bond donors (Lipinski definition) is 2. The molecule has 0 aliphatic rings. The van der Waals surface area contributed by atoms with Gasteiger partial charge in [-0.1, -0.05) is 0 Å². The molecule has 0 aromatic carbocycles. The number of aryl methyl sites for hydroxylation is 1. The second-order valence-corrected chi connectivity index (χ2v) is 4.01. The topological polar surface area (TPSA) is 95.1 Å². The van der Waals surface area contributed by atoms with Gasteiger partial charge in [0, 0.05) is 26.2 Å². The van der Waals surface area contributed by atoms with E-state index in [1.54, 1.807) is 24.1 Å². The van der Waals surface area contributed by atoms with Gasteiger partial charge in [-0.15, -0.1) is 0 Å². The van der Waals surface area contributed by atoms with Crippen molar-refractivity contribution in [2.45, 2.75) is 26.7 Å². The van der Waals surface area contributed by atoms with Crippen molar-refractivity contribution in [3.8, 4) is 6.19 Å². The summed E-state index contributed by atoms with van der Waals surface area (Å²) in [7, 11) is 1.60. The van der Waals surface area contributed by atoms with E-state index in [4.69, 9.17) is 5.26 Å². The van der Waals surface area contributed by atoms with Crippen LogP contribution in [0.1, 0.15) is 29.5 Å². The average Bonchev–Trinajstić information content (AvgIpc) is 2.75. The molecule has 102 valence electrons. The fraction of sp³-hybridized carbons (Fsp3) is 0.500. The van der Waals surface area contributed by atoms with Gasteiger partial charge in [-0.3, -0.25) is 19.7 Å². The third-order valence-electron chi connectivity index (χ3n) is 2.73. The van der Waals surface area contributed by atoms with Gasteiger partial charge in [-0.25, -0.2) is 4.98 Å². The Hall–Kier alpha value is -2.36. The van der Waals surface area contributed by atoms with Gasteiger partial charge < -0.3 is 5.32 Å². The Morgan fingerprint density at radius 3 is 2.89 bits per heavy atom. The number of aliphatic imine (C=N–C) groups is 1. The Balaban J connectivity index is 2.42. The van der Waals surface area contributed by atoms with Crippen LogP contribution >= 0.6 is 0 Å². The first-order valence-corrected chi connectivity index (χ1v) is 5.99. The van der Waals surface area contributed by atoms with Crippen molar-refractivity contribution in [1.82, 2.24) is 20.2 Å². The standard InChI is InChI=1S/C12H18N6O/c1-9-11(17-8-18(9)10(2)19)5-4-6-15-12(14-3)16-7-13/h8H,4-6H2,1-3H3,(H2,14,15,16). The highest BCUT2D eigenvalue weighted by Crippen LogP contribution is 2.08. The zero-order valence-electron chi connectivity index (χ0n) is 11.4. The van der Waals surface area contributed by atoms with Crippen LogP contribution in [0.15, 0.2) is 11.3 Å². The number of hydrogen-bond acceptors (Lipinski definition) is 4. The van der Waals surface area contributed by atoms with Gasteiger partial charge in [0.15, 0.2) is 6.19 Å². The van der Waals surface area contributed by atoms with Crippen molar-refractivity contribution < 1.29 is 4.79 Å². The Morgan fingerprint density at radius 2 is 2.37 bits per heavy atom. The third-order valence-corrected chi connectivity index (χ3v) is 2.73. The number of guanidine groups is 1. The quantitative estimate of drug-likeness (QED) is 0.270. The van der Waals surface area contributed by atoms with E-state index in [2.05, 4.69) is 20.6 Å². The molecule has 0 radical (unpaired) electrons. The maximum atomic E-state index is 11.3. The molecule has 0 aliphatic carbocycles. The molecule has 1 rings (SSSR count).